The summed E-state index contributed by atoms with van der Waals surface area (Å²) in [6, 6.07) is 4.43. The van der Waals surface area contributed by atoms with Crippen LogP contribution in [0.25, 0.3) is 0 Å². The molecule has 3 nitrogen and oxygen atoms in total. The minimum atomic E-state index is 0.239. The lowest BCUT2D eigenvalue weighted by Crippen LogP contribution is -2.21. The molecule has 1 heterocycles. The molecule has 0 bridgehead atoms. The molecule has 2 unspecified atom stereocenters. The second kappa shape index (κ2) is 8.16. The summed E-state index contributed by atoms with van der Waals surface area (Å²) >= 11 is 0. The van der Waals surface area contributed by atoms with E-state index in [4.69, 9.17) is 4.74 Å². The lowest BCUT2D eigenvalue weighted by Gasteiger charge is -2.18. The van der Waals surface area contributed by atoms with Crippen molar-refractivity contribution in [1.29, 1.82) is 0 Å². The quantitative estimate of drug-likeness (QED) is 0.772. The Bertz CT molecular complexity index is 348. The van der Waals surface area contributed by atoms with Gasteiger partial charge in [0.2, 0.25) is 0 Å². The van der Waals surface area contributed by atoms with Crippen molar-refractivity contribution in [2.75, 3.05) is 6.54 Å². The summed E-state index contributed by atoms with van der Waals surface area (Å²) in [4.78, 5) is 4.51. The van der Waals surface area contributed by atoms with E-state index >= 15 is 0 Å². The number of hydrogen-bond acceptors (Lipinski definition) is 3. The van der Waals surface area contributed by atoms with E-state index in [1.165, 1.54) is 0 Å². The number of hydrogen-bond donors (Lipinski definition) is 1. The first kappa shape index (κ1) is 16.0. The van der Waals surface area contributed by atoms with Gasteiger partial charge in [0.05, 0.1) is 18.0 Å². The molecular weight excluding hydrogens is 236 g/mol. The summed E-state index contributed by atoms with van der Waals surface area (Å²) in [6.45, 7) is 11.8. The van der Waals surface area contributed by atoms with Crippen LogP contribution in [0.1, 0.15) is 59.2 Å². The van der Waals surface area contributed by atoms with E-state index in [0.717, 1.165) is 30.8 Å². The third-order valence-electron chi connectivity index (χ3n) is 3.12. The summed E-state index contributed by atoms with van der Waals surface area (Å²) in [7, 11) is 0. The molecule has 108 valence electrons. The molecule has 19 heavy (non-hydrogen) atoms. The maximum Gasteiger partial charge on any atom is 0.138 e. The van der Waals surface area contributed by atoms with Gasteiger partial charge in [-0.1, -0.05) is 27.7 Å². The Balaban J connectivity index is 2.60. The Kier molecular flexibility index (Phi) is 6.85. The van der Waals surface area contributed by atoms with Crippen LogP contribution in [0, 0.1) is 5.92 Å². The molecule has 0 spiro atoms. The molecule has 1 aromatic heterocycles. The van der Waals surface area contributed by atoms with Gasteiger partial charge in [0.1, 0.15) is 5.75 Å². The Morgan fingerprint density at radius 3 is 2.42 bits per heavy atom. The average molecular weight is 264 g/mol. The minimum Gasteiger partial charge on any atom is -0.489 e. The lowest BCUT2D eigenvalue weighted by atomic mass is 10.1. The lowest BCUT2D eigenvalue weighted by molar-refractivity contribution is 0.192. The fraction of sp³-hybridized carbons (Fsp3) is 0.688. The normalized spacial score (nSPS) is 14.4. The van der Waals surface area contributed by atoms with Crippen LogP contribution in [0.15, 0.2) is 18.3 Å². The van der Waals surface area contributed by atoms with Gasteiger partial charge in [-0.2, -0.15) is 0 Å². The van der Waals surface area contributed by atoms with Crippen molar-refractivity contribution in [1.82, 2.24) is 10.3 Å². The molecule has 0 saturated carbocycles. The smallest absolute Gasteiger partial charge is 0.138 e. The largest absolute Gasteiger partial charge is 0.489 e. The van der Waals surface area contributed by atoms with Crippen LogP contribution in [0.4, 0.5) is 0 Å². The number of pyridine rings is 1. The van der Waals surface area contributed by atoms with Gasteiger partial charge in [0, 0.05) is 6.04 Å². The molecule has 0 saturated heterocycles. The molecule has 3 heteroatoms. The fourth-order valence-corrected chi connectivity index (χ4v) is 2.32. The first-order valence-corrected chi connectivity index (χ1v) is 7.42. The first-order chi connectivity index (χ1) is 9.06. The van der Waals surface area contributed by atoms with Crippen molar-refractivity contribution in [2.45, 2.75) is 59.6 Å². The van der Waals surface area contributed by atoms with E-state index in [1.54, 1.807) is 0 Å². The molecule has 1 N–H and O–H groups in total. The molecular formula is C16H28N2O. The molecule has 0 aliphatic rings. The molecule has 0 radical (unpaired) electrons. The minimum absolute atomic E-state index is 0.239. The van der Waals surface area contributed by atoms with Gasteiger partial charge in [-0.05, 0) is 44.4 Å². The summed E-state index contributed by atoms with van der Waals surface area (Å²) in [6.07, 6.45) is 4.19. The zero-order valence-corrected chi connectivity index (χ0v) is 12.9. The molecule has 0 aliphatic carbocycles. The highest BCUT2D eigenvalue weighted by Gasteiger charge is 2.10. The molecule has 0 aromatic carbocycles. The van der Waals surface area contributed by atoms with Crippen LogP contribution < -0.4 is 10.1 Å². The van der Waals surface area contributed by atoms with Gasteiger partial charge in [-0.15, -0.1) is 0 Å². The number of aromatic nitrogens is 1. The van der Waals surface area contributed by atoms with Crippen molar-refractivity contribution in [3.8, 4) is 5.75 Å². The summed E-state index contributed by atoms with van der Waals surface area (Å²) in [5, 5.41) is 3.43. The third-order valence-corrected chi connectivity index (χ3v) is 3.12. The summed E-state index contributed by atoms with van der Waals surface area (Å²) in [5.41, 5.74) is 1.09. The second-order valence-electron chi connectivity index (χ2n) is 5.50. The predicted octanol–water partition coefficient (Wildman–Crippen LogP) is 3.96. The SMILES string of the molecule is CCNC(CC)c1ccc(OC(C)CC(C)C)cn1. The fourth-order valence-electron chi connectivity index (χ4n) is 2.32. The highest BCUT2D eigenvalue weighted by atomic mass is 16.5. The van der Waals surface area contributed by atoms with Crippen LogP contribution in [0.2, 0.25) is 0 Å². The number of nitrogens with zero attached hydrogens (tertiary/aromatic N) is 1. The Labute approximate surface area is 117 Å². The molecule has 0 aliphatic heterocycles. The Morgan fingerprint density at radius 2 is 1.95 bits per heavy atom. The molecule has 0 fully saturated rings. The monoisotopic (exact) mass is 264 g/mol. The Morgan fingerprint density at radius 1 is 1.21 bits per heavy atom. The van der Waals surface area contributed by atoms with E-state index in [-0.39, 0.29) is 6.10 Å². The van der Waals surface area contributed by atoms with Crippen LogP contribution >= 0.6 is 0 Å². The van der Waals surface area contributed by atoms with Gasteiger partial charge in [0.15, 0.2) is 0 Å². The van der Waals surface area contributed by atoms with Gasteiger partial charge >= 0.3 is 0 Å². The van der Waals surface area contributed by atoms with E-state index in [1.807, 2.05) is 12.3 Å². The maximum absolute atomic E-state index is 5.87. The van der Waals surface area contributed by atoms with Gasteiger partial charge in [0.25, 0.3) is 0 Å². The van der Waals surface area contributed by atoms with Crippen LogP contribution in [-0.2, 0) is 0 Å². The van der Waals surface area contributed by atoms with Crippen molar-refractivity contribution in [2.24, 2.45) is 5.92 Å². The van der Waals surface area contributed by atoms with Crippen molar-refractivity contribution in [3.05, 3.63) is 24.0 Å². The van der Waals surface area contributed by atoms with E-state index in [9.17, 15) is 0 Å². The van der Waals surface area contributed by atoms with Crippen molar-refractivity contribution in [3.63, 3.8) is 0 Å². The summed E-state index contributed by atoms with van der Waals surface area (Å²) < 4.78 is 5.87. The topological polar surface area (TPSA) is 34.1 Å². The molecule has 2 atom stereocenters. The van der Waals surface area contributed by atoms with Crippen LogP contribution in [-0.4, -0.2) is 17.6 Å². The van der Waals surface area contributed by atoms with Crippen LogP contribution in [0.3, 0.4) is 0 Å². The van der Waals surface area contributed by atoms with Gasteiger partial charge < -0.3 is 10.1 Å². The molecule has 1 aromatic rings. The van der Waals surface area contributed by atoms with E-state index in [0.29, 0.717) is 12.0 Å². The third kappa shape index (κ3) is 5.60. The standard InChI is InChI=1S/C16H28N2O/c1-6-15(17-7-2)16-9-8-14(11-18-16)19-13(5)10-12(3)4/h8-9,11-13,15,17H,6-7,10H2,1-5H3. The highest BCUT2D eigenvalue weighted by molar-refractivity contribution is 5.21. The van der Waals surface area contributed by atoms with Crippen molar-refractivity contribution >= 4 is 0 Å². The molecule has 1 rings (SSSR count). The molecule has 0 amide bonds. The predicted molar refractivity (Wildman–Crippen MR) is 80.5 cm³/mol. The zero-order chi connectivity index (χ0) is 14.3. The van der Waals surface area contributed by atoms with Crippen LogP contribution in [0.5, 0.6) is 5.75 Å². The van der Waals surface area contributed by atoms with Gasteiger partial charge in [-0.25, -0.2) is 0 Å². The first-order valence-electron chi connectivity index (χ1n) is 7.42. The van der Waals surface area contributed by atoms with Crippen molar-refractivity contribution < 1.29 is 4.74 Å². The Hall–Kier alpha value is -1.09. The average Bonchev–Trinajstić information content (AvgIpc) is 2.36. The number of ether oxygens (including phenoxy) is 1. The highest BCUT2D eigenvalue weighted by Crippen LogP contribution is 2.19. The number of rotatable bonds is 8. The van der Waals surface area contributed by atoms with E-state index in [2.05, 4.69) is 51.0 Å². The maximum atomic E-state index is 5.87. The van der Waals surface area contributed by atoms with Gasteiger partial charge in [-0.3, -0.25) is 4.98 Å². The number of nitrogens with one attached hydrogen (secondary N) is 1. The zero-order valence-electron chi connectivity index (χ0n) is 12.9. The second-order valence-corrected chi connectivity index (χ2v) is 5.50. The van der Waals surface area contributed by atoms with E-state index < -0.39 is 0 Å². The summed E-state index contributed by atoms with van der Waals surface area (Å²) in [5.74, 6) is 1.52.